The van der Waals surface area contributed by atoms with Crippen molar-refractivity contribution in [1.29, 1.82) is 0 Å². The van der Waals surface area contributed by atoms with E-state index < -0.39 is 5.60 Å². The molecule has 1 heterocycles. The minimum atomic E-state index is -0.467. The Labute approximate surface area is 104 Å². The van der Waals surface area contributed by atoms with Gasteiger partial charge in [0.05, 0.1) is 6.10 Å². The molecule has 3 unspecified atom stereocenters. The van der Waals surface area contributed by atoms with Crippen molar-refractivity contribution in [2.45, 2.75) is 77.7 Å². The van der Waals surface area contributed by atoms with E-state index >= 15 is 0 Å². The first-order valence-electron chi connectivity index (χ1n) is 6.44. The number of hydrogen-bond donors (Lipinski definition) is 1. The number of piperidine rings is 1. The summed E-state index contributed by atoms with van der Waals surface area (Å²) in [6, 6.07) is 0.127. The van der Waals surface area contributed by atoms with Crippen LogP contribution in [0.3, 0.4) is 0 Å². The van der Waals surface area contributed by atoms with Crippen LogP contribution in [0.2, 0.25) is 0 Å². The quantitative estimate of drug-likeness (QED) is 0.770. The lowest BCUT2D eigenvalue weighted by Crippen LogP contribution is -2.53. The van der Waals surface area contributed by atoms with Crippen molar-refractivity contribution in [2.24, 2.45) is 0 Å². The maximum atomic E-state index is 12.1. The van der Waals surface area contributed by atoms with Crippen molar-refractivity contribution in [2.75, 3.05) is 0 Å². The molecule has 1 rings (SSSR count). The van der Waals surface area contributed by atoms with Gasteiger partial charge in [-0.05, 0) is 47.0 Å². The van der Waals surface area contributed by atoms with Crippen molar-refractivity contribution in [3.8, 4) is 0 Å². The van der Waals surface area contributed by atoms with Crippen molar-refractivity contribution in [3.63, 3.8) is 0 Å². The molecule has 1 aliphatic rings. The molecular formula is C13H25NO3. The molecule has 1 amide bonds. The average molecular weight is 243 g/mol. The normalized spacial score (nSPS) is 30.2. The van der Waals surface area contributed by atoms with E-state index in [1.54, 1.807) is 4.90 Å². The minimum Gasteiger partial charge on any atom is -0.444 e. The smallest absolute Gasteiger partial charge is 0.410 e. The molecule has 0 aromatic heterocycles. The van der Waals surface area contributed by atoms with Crippen LogP contribution in [0.4, 0.5) is 4.79 Å². The van der Waals surface area contributed by atoms with Gasteiger partial charge in [0.25, 0.3) is 0 Å². The summed E-state index contributed by atoms with van der Waals surface area (Å²) in [6.45, 7) is 9.61. The molecule has 0 saturated carbocycles. The standard InChI is InChI=1S/C13H25NO3/c1-6-10-8-11(15)7-9(2)14(10)12(16)17-13(3,4)5/h9-11,15H,6-8H2,1-5H3. The largest absolute Gasteiger partial charge is 0.444 e. The first-order chi connectivity index (χ1) is 7.74. The SMILES string of the molecule is CCC1CC(O)CC(C)N1C(=O)OC(C)(C)C. The van der Waals surface area contributed by atoms with E-state index in [0.717, 1.165) is 6.42 Å². The molecule has 4 nitrogen and oxygen atoms in total. The summed E-state index contributed by atoms with van der Waals surface area (Å²) in [5.41, 5.74) is -0.467. The molecule has 3 atom stereocenters. The lowest BCUT2D eigenvalue weighted by atomic mass is 9.93. The van der Waals surface area contributed by atoms with E-state index in [0.29, 0.717) is 12.8 Å². The second-order valence-electron chi connectivity index (χ2n) is 5.92. The van der Waals surface area contributed by atoms with Crippen molar-refractivity contribution in [3.05, 3.63) is 0 Å². The van der Waals surface area contributed by atoms with Gasteiger partial charge >= 0.3 is 6.09 Å². The number of amides is 1. The van der Waals surface area contributed by atoms with Gasteiger partial charge in [0.15, 0.2) is 0 Å². The second kappa shape index (κ2) is 5.25. The van der Waals surface area contributed by atoms with Crippen molar-refractivity contribution < 1.29 is 14.6 Å². The summed E-state index contributed by atoms with van der Waals surface area (Å²) < 4.78 is 5.42. The Kier molecular flexibility index (Phi) is 4.42. The zero-order valence-corrected chi connectivity index (χ0v) is 11.6. The van der Waals surface area contributed by atoms with Gasteiger partial charge in [0.1, 0.15) is 5.60 Å². The van der Waals surface area contributed by atoms with Crippen LogP contribution in [0.15, 0.2) is 0 Å². The molecule has 1 aliphatic heterocycles. The van der Waals surface area contributed by atoms with Crippen LogP contribution in [-0.2, 0) is 4.74 Å². The Bertz CT molecular complexity index is 272. The lowest BCUT2D eigenvalue weighted by molar-refractivity contribution is -0.0267. The molecule has 0 aliphatic carbocycles. The third kappa shape index (κ3) is 3.87. The Morgan fingerprint density at radius 1 is 1.41 bits per heavy atom. The fourth-order valence-corrected chi connectivity index (χ4v) is 2.40. The summed E-state index contributed by atoms with van der Waals surface area (Å²) in [4.78, 5) is 13.9. The molecular weight excluding hydrogens is 218 g/mol. The average Bonchev–Trinajstić information content (AvgIpc) is 2.12. The molecule has 1 N–H and O–H groups in total. The van der Waals surface area contributed by atoms with Gasteiger partial charge in [-0.15, -0.1) is 0 Å². The summed E-state index contributed by atoms with van der Waals surface area (Å²) >= 11 is 0. The van der Waals surface area contributed by atoms with E-state index in [9.17, 15) is 9.90 Å². The molecule has 0 spiro atoms. The highest BCUT2D eigenvalue weighted by atomic mass is 16.6. The third-order valence-corrected chi connectivity index (χ3v) is 3.10. The number of aliphatic hydroxyl groups excluding tert-OH is 1. The van der Waals surface area contributed by atoms with Crippen LogP contribution >= 0.6 is 0 Å². The van der Waals surface area contributed by atoms with E-state index in [2.05, 4.69) is 0 Å². The molecule has 100 valence electrons. The zero-order valence-electron chi connectivity index (χ0n) is 11.6. The van der Waals surface area contributed by atoms with Crippen LogP contribution in [0.25, 0.3) is 0 Å². The predicted molar refractivity (Wildman–Crippen MR) is 66.9 cm³/mol. The highest BCUT2D eigenvalue weighted by Gasteiger charge is 2.36. The fraction of sp³-hybridized carbons (Fsp3) is 0.923. The zero-order chi connectivity index (χ0) is 13.2. The Morgan fingerprint density at radius 2 is 2.00 bits per heavy atom. The Morgan fingerprint density at radius 3 is 2.47 bits per heavy atom. The molecule has 1 fully saturated rings. The number of hydrogen-bond acceptors (Lipinski definition) is 3. The first-order valence-corrected chi connectivity index (χ1v) is 6.44. The van der Waals surface area contributed by atoms with E-state index in [4.69, 9.17) is 4.74 Å². The number of carbonyl (C=O) groups excluding carboxylic acids is 1. The van der Waals surface area contributed by atoms with Crippen LogP contribution in [0, 0.1) is 0 Å². The number of nitrogens with zero attached hydrogens (tertiary/aromatic N) is 1. The van der Waals surface area contributed by atoms with Gasteiger partial charge in [-0.1, -0.05) is 6.92 Å². The van der Waals surface area contributed by atoms with E-state index in [-0.39, 0.29) is 24.3 Å². The number of aliphatic hydroxyl groups is 1. The van der Waals surface area contributed by atoms with Gasteiger partial charge in [0.2, 0.25) is 0 Å². The minimum absolute atomic E-state index is 0.0403. The van der Waals surface area contributed by atoms with E-state index in [1.165, 1.54) is 0 Å². The van der Waals surface area contributed by atoms with Crippen molar-refractivity contribution >= 4 is 6.09 Å². The highest BCUT2D eigenvalue weighted by Crippen LogP contribution is 2.27. The molecule has 0 bridgehead atoms. The first kappa shape index (κ1) is 14.3. The lowest BCUT2D eigenvalue weighted by Gasteiger charge is -2.42. The summed E-state index contributed by atoms with van der Waals surface area (Å²) in [7, 11) is 0. The van der Waals surface area contributed by atoms with Crippen LogP contribution in [-0.4, -0.2) is 39.9 Å². The Balaban J connectivity index is 2.75. The molecule has 0 aromatic carbocycles. The monoisotopic (exact) mass is 243 g/mol. The molecule has 1 saturated heterocycles. The molecule has 0 aromatic rings. The molecule has 4 heteroatoms. The van der Waals surface area contributed by atoms with Gasteiger partial charge in [-0.2, -0.15) is 0 Å². The van der Waals surface area contributed by atoms with Gasteiger partial charge in [0, 0.05) is 12.1 Å². The van der Waals surface area contributed by atoms with Gasteiger partial charge in [-0.3, -0.25) is 0 Å². The summed E-state index contributed by atoms with van der Waals surface area (Å²) in [5, 5.41) is 9.73. The number of likely N-dealkylation sites (tertiary alicyclic amines) is 1. The van der Waals surface area contributed by atoms with Gasteiger partial charge < -0.3 is 14.7 Å². The maximum Gasteiger partial charge on any atom is 0.410 e. The molecule has 17 heavy (non-hydrogen) atoms. The van der Waals surface area contributed by atoms with Crippen LogP contribution < -0.4 is 0 Å². The van der Waals surface area contributed by atoms with Crippen molar-refractivity contribution in [1.82, 2.24) is 4.90 Å². The number of rotatable bonds is 1. The fourth-order valence-electron chi connectivity index (χ4n) is 2.40. The van der Waals surface area contributed by atoms with E-state index in [1.807, 2.05) is 34.6 Å². The van der Waals surface area contributed by atoms with Crippen LogP contribution in [0.1, 0.15) is 53.9 Å². The van der Waals surface area contributed by atoms with Gasteiger partial charge in [-0.25, -0.2) is 4.79 Å². The third-order valence-electron chi connectivity index (χ3n) is 3.10. The second-order valence-corrected chi connectivity index (χ2v) is 5.92. The Hall–Kier alpha value is -0.770. The number of ether oxygens (including phenoxy) is 1. The number of carbonyl (C=O) groups is 1. The topological polar surface area (TPSA) is 49.8 Å². The summed E-state index contributed by atoms with van der Waals surface area (Å²) in [6.07, 6.45) is 1.58. The maximum absolute atomic E-state index is 12.1. The van der Waals surface area contributed by atoms with Crippen LogP contribution in [0.5, 0.6) is 0 Å². The summed E-state index contributed by atoms with van der Waals surface area (Å²) in [5.74, 6) is 0. The molecule has 0 radical (unpaired) electrons. The predicted octanol–water partition coefficient (Wildman–Crippen LogP) is 2.55. The highest BCUT2D eigenvalue weighted by molar-refractivity contribution is 5.69.